The Hall–Kier alpha value is -3.68. The van der Waals surface area contributed by atoms with E-state index in [1.165, 1.54) is 32.1 Å². The van der Waals surface area contributed by atoms with Crippen molar-refractivity contribution in [2.45, 2.75) is 89.6 Å². The predicted octanol–water partition coefficient (Wildman–Crippen LogP) is 5.47. The molecule has 4 rings (SSSR count). The molecular weight excluding hydrogens is 651 g/mol. The molecule has 2 aromatic carbocycles. The predicted molar refractivity (Wildman–Crippen MR) is 187 cm³/mol. The molecule has 2 aliphatic rings. The number of hydrogen-bond donors (Lipinski definition) is 2. The van der Waals surface area contributed by atoms with Gasteiger partial charge in [0.15, 0.2) is 12.1 Å². The van der Waals surface area contributed by atoms with Gasteiger partial charge < -0.3 is 19.9 Å². The molecule has 10 nitrogen and oxygen atoms in total. The van der Waals surface area contributed by atoms with Crippen molar-refractivity contribution in [3.8, 4) is 16.9 Å². The molecule has 2 aromatic rings. The molecule has 1 aliphatic carbocycles. The second-order valence-electron chi connectivity index (χ2n) is 13.0. The maximum Gasteiger partial charge on any atom is 0.490 e. The second kappa shape index (κ2) is 19.6. The number of halogens is 3. The number of ether oxygens (including phenoxy) is 3. The number of amides is 1. The fourth-order valence-corrected chi connectivity index (χ4v) is 6.56. The Morgan fingerprint density at radius 1 is 1.00 bits per heavy atom. The van der Waals surface area contributed by atoms with Crippen molar-refractivity contribution in [1.82, 2.24) is 15.1 Å². The number of esters is 1. The van der Waals surface area contributed by atoms with Crippen LogP contribution in [0.5, 0.6) is 5.75 Å². The highest BCUT2D eigenvalue weighted by atomic mass is 19.4. The van der Waals surface area contributed by atoms with Crippen molar-refractivity contribution in [3.05, 3.63) is 53.6 Å². The van der Waals surface area contributed by atoms with Gasteiger partial charge in [-0.1, -0.05) is 75.1 Å². The Bertz CT molecular complexity index is 1390. The fourth-order valence-electron chi connectivity index (χ4n) is 6.56. The van der Waals surface area contributed by atoms with Crippen LogP contribution in [-0.2, 0) is 32.0 Å². The third-order valence-corrected chi connectivity index (χ3v) is 9.28. The minimum absolute atomic E-state index is 0.255. The van der Waals surface area contributed by atoms with Crippen LogP contribution >= 0.6 is 0 Å². The summed E-state index contributed by atoms with van der Waals surface area (Å²) in [5, 5.41) is 2.34. The Morgan fingerprint density at radius 3 is 2.38 bits per heavy atom. The van der Waals surface area contributed by atoms with E-state index in [0.29, 0.717) is 56.5 Å². The molecule has 0 spiro atoms. The average molecular weight is 704 g/mol. The van der Waals surface area contributed by atoms with E-state index in [4.69, 9.17) is 19.9 Å². The Labute approximate surface area is 293 Å². The van der Waals surface area contributed by atoms with Gasteiger partial charge in [0, 0.05) is 83.0 Å². The van der Waals surface area contributed by atoms with E-state index in [-0.39, 0.29) is 12.4 Å². The molecule has 1 atom stereocenters. The number of nitrogens with two attached hydrogens (primary N) is 1. The molecule has 1 amide bonds. The van der Waals surface area contributed by atoms with Crippen molar-refractivity contribution in [2.75, 3.05) is 53.0 Å². The number of carbonyl (C=O) groups excluding carboxylic acids is 2. The van der Waals surface area contributed by atoms with Gasteiger partial charge in [-0.3, -0.25) is 24.9 Å². The van der Waals surface area contributed by atoms with Gasteiger partial charge >= 0.3 is 12.1 Å². The lowest BCUT2D eigenvalue weighted by molar-refractivity contribution is -0.205. The highest BCUT2D eigenvalue weighted by Gasteiger charge is 2.43. The van der Waals surface area contributed by atoms with E-state index >= 15 is 0 Å². The number of carbonyl (C=O) groups is 2. The number of nitrogens with one attached hydrogen (secondary N) is 1. The fraction of sp³-hybridized carbons (Fsp3) is 0.595. The van der Waals surface area contributed by atoms with Crippen LogP contribution in [0.2, 0.25) is 0 Å². The largest absolute Gasteiger partial charge is 0.493 e. The van der Waals surface area contributed by atoms with Gasteiger partial charge in [-0.05, 0) is 30.4 Å². The lowest BCUT2D eigenvalue weighted by Gasteiger charge is -2.41. The number of piperazine rings is 1. The summed E-state index contributed by atoms with van der Waals surface area (Å²) in [6.07, 6.45) is 0.930. The summed E-state index contributed by atoms with van der Waals surface area (Å²) in [4.78, 5) is 34.4. The zero-order valence-electron chi connectivity index (χ0n) is 29.3. The zero-order chi connectivity index (χ0) is 35.9. The van der Waals surface area contributed by atoms with Crippen LogP contribution in [0.3, 0.4) is 0 Å². The van der Waals surface area contributed by atoms with Crippen LogP contribution in [-0.4, -0.2) is 99.0 Å². The van der Waals surface area contributed by atoms with Crippen LogP contribution in [0.1, 0.15) is 69.4 Å². The van der Waals surface area contributed by atoms with Gasteiger partial charge in [0.2, 0.25) is 0 Å². The first-order valence-corrected chi connectivity index (χ1v) is 17.8. The first-order chi connectivity index (χ1) is 24.1. The molecule has 13 heteroatoms. The minimum atomic E-state index is -5.30. The highest BCUT2D eigenvalue weighted by molar-refractivity contribution is 5.99. The molecule has 1 saturated heterocycles. The molecule has 1 heterocycles. The van der Waals surface area contributed by atoms with Gasteiger partial charge in [-0.2, -0.15) is 13.2 Å². The van der Waals surface area contributed by atoms with E-state index < -0.39 is 24.2 Å². The number of hydrogen-bond acceptors (Lipinski definition) is 8. The van der Waals surface area contributed by atoms with Gasteiger partial charge in [0.1, 0.15) is 5.75 Å². The molecule has 3 N–H and O–H groups in total. The average Bonchev–Trinajstić information content (AvgIpc) is 3.11. The molecule has 0 aromatic heterocycles. The molecular formula is C37H52F3N5O5. The van der Waals surface area contributed by atoms with E-state index in [1.807, 2.05) is 43.3 Å². The highest BCUT2D eigenvalue weighted by Crippen LogP contribution is 2.38. The van der Waals surface area contributed by atoms with Crippen molar-refractivity contribution < 1.29 is 37.0 Å². The lowest BCUT2D eigenvalue weighted by Crippen LogP contribution is -2.50. The van der Waals surface area contributed by atoms with E-state index in [1.54, 1.807) is 13.2 Å². The first kappa shape index (κ1) is 39.1. The number of alkyl halides is 3. The first-order valence-electron chi connectivity index (χ1n) is 17.8. The van der Waals surface area contributed by atoms with Crippen molar-refractivity contribution in [1.29, 1.82) is 0 Å². The summed E-state index contributed by atoms with van der Waals surface area (Å²) in [7, 11) is 1.61. The molecule has 2 fully saturated rings. The van der Waals surface area contributed by atoms with E-state index in [0.717, 1.165) is 49.3 Å². The molecule has 0 bridgehead atoms. The number of rotatable bonds is 16. The van der Waals surface area contributed by atoms with Crippen LogP contribution < -0.4 is 15.8 Å². The lowest BCUT2D eigenvalue weighted by atomic mass is 9.93. The number of unbranched alkanes of at least 4 members (excludes halogenated alkanes) is 1. The summed E-state index contributed by atoms with van der Waals surface area (Å²) >= 11 is 0. The third kappa shape index (κ3) is 11.7. The minimum Gasteiger partial charge on any atom is -0.493 e. The standard InChI is InChI=1S/C37H52F3N5O5/c1-3-4-18-42-36(41)43-34(46)32(50-35(47)37(38,39)40)25-28-16-17-30(27-12-7-5-8-13-27)33(49-24-11-23-48-2)31(28)26-44-19-21-45(22-20-44)29-14-9-6-10-15-29/h5,7-8,12-13,16-17,29,32H,3-4,6,9-11,14-15,18-26H2,1-2H3,(H3,41,42,43,46). The summed E-state index contributed by atoms with van der Waals surface area (Å²) in [5.41, 5.74) is 8.84. The van der Waals surface area contributed by atoms with Crippen molar-refractivity contribution >= 4 is 17.8 Å². The normalized spacial score (nSPS) is 17.3. The van der Waals surface area contributed by atoms with Crippen molar-refractivity contribution in [2.24, 2.45) is 10.7 Å². The van der Waals surface area contributed by atoms with Crippen LogP contribution in [0.4, 0.5) is 13.2 Å². The van der Waals surface area contributed by atoms with Gasteiger partial charge in [0.25, 0.3) is 5.91 Å². The Kier molecular flexibility index (Phi) is 15.4. The van der Waals surface area contributed by atoms with Crippen molar-refractivity contribution in [3.63, 3.8) is 0 Å². The molecule has 1 saturated carbocycles. The smallest absolute Gasteiger partial charge is 0.490 e. The van der Waals surface area contributed by atoms with Gasteiger partial charge in [-0.25, -0.2) is 4.79 Å². The monoisotopic (exact) mass is 703 g/mol. The SMILES string of the molecule is CCCCN=C(N)NC(=O)C(Cc1ccc(-c2ccccc2)c(OCCCOC)c1CN1CCN(C2CCCCC2)CC1)OC(=O)C(F)(F)F. The summed E-state index contributed by atoms with van der Waals surface area (Å²) in [6, 6.07) is 13.9. The number of guanidine groups is 1. The molecule has 50 heavy (non-hydrogen) atoms. The topological polar surface area (TPSA) is 119 Å². The van der Waals surface area contributed by atoms with Crippen LogP contribution in [0.25, 0.3) is 11.1 Å². The number of benzene rings is 2. The molecule has 1 unspecified atom stereocenters. The summed E-state index contributed by atoms with van der Waals surface area (Å²) in [5.74, 6) is -3.14. The molecule has 1 aliphatic heterocycles. The molecule has 0 radical (unpaired) electrons. The quantitative estimate of drug-likeness (QED) is 0.102. The Morgan fingerprint density at radius 2 is 1.72 bits per heavy atom. The number of nitrogens with zero attached hydrogens (tertiary/aromatic N) is 3. The van der Waals surface area contributed by atoms with Crippen LogP contribution in [0, 0.1) is 0 Å². The summed E-state index contributed by atoms with van der Waals surface area (Å²) < 4.78 is 56.9. The maximum absolute atomic E-state index is 13.4. The molecule has 276 valence electrons. The number of methoxy groups -OCH3 is 1. The van der Waals surface area contributed by atoms with Gasteiger partial charge in [-0.15, -0.1) is 0 Å². The number of aliphatic imine (C=N–C) groups is 1. The zero-order valence-corrected chi connectivity index (χ0v) is 29.3. The third-order valence-electron chi connectivity index (χ3n) is 9.28. The van der Waals surface area contributed by atoms with E-state index in [2.05, 4.69) is 20.1 Å². The maximum atomic E-state index is 13.4. The van der Waals surface area contributed by atoms with Crippen LogP contribution in [0.15, 0.2) is 47.5 Å². The second-order valence-corrected chi connectivity index (χ2v) is 13.0. The van der Waals surface area contributed by atoms with Gasteiger partial charge in [0.05, 0.1) is 6.61 Å². The Balaban J connectivity index is 1.70. The van der Waals surface area contributed by atoms with E-state index in [9.17, 15) is 22.8 Å². The summed E-state index contributed by atoms with van der Waals surface area (Å²) in [6.45, 7) is 6.95.